The zero-order chi connectivity index (χ0) is 28.7. The van der Waals surface area contributed by atoms with Crippen molar-refractivity contribution in [2.45, 2.75) is 0 Å². The van der Waals surface area contributed by atoms with Gasteiger partial charge in [-0.05, 0) is 60.2 Å². The van der Waals surface area contributed by atoms with Crippen molar-refractivity contribution in [2.75, 3.05) is 28.2 Å². The van der Waals surface area contributed by atoms with E-state index in [0.29, 0.717) is 23.3 Å². The van der Waals surface area contributed by atoms with Crippen LogP contribution in [0.25, 0.3) is 44.3 Å². The topological polar surface area (TPSA) is 108 Å². The Morgan fingerprint density at radius 2 is 1.15 bits per heavy atom. The summed E-state index contributed by atoms with van der Waals surface area (Å²) in [7, 11) is 7.49. The smallest absolute Gasteiger partial charge is 0.219 e. The molecule has 0 fully saturated rings. The Hall–Kier alpha value is -5.37. The largest absolute Gasteiger partial charge is 0.439 e. The van der Waals surface area contributed by atoms with Crippen LogP contribution < -0.4 is 4.74 Å². The first-order valence-electron chi connectivity index (χ1n) is 13.3. The van der Waals surface area contributed by atoms with Crippen LogP contribution in [0, 0.1) is 10.8 Å². The second-order valence-electron chi connectivity index (χ2n) is 10.5. The number of benzene rings is 3. The molecule has 6 aromatic rings. The molecule has 0 amide bonds. The van der Waals surface area contributed by atoms with Gasteiger partial charge in [-0.15, -0.1) is 0 Å². The first kappa shape index (κ1) is 25.9. The molecule has 0 spiro atoms. The first-order valence-corrected chi connectivity index (χ1v) is 13.3. The van der Waals surface area contributed by atoms with Gasteiger partial charge >= 0.3 is 0 Å². The van der Waals surface area contributed by atoms with E-state index < -0.39 is 0 Å². The van der Waals surface area contributed by atoms with E-state index in [1.165, 1.54) is 0 Å². The van der Waals surface area contributed by atoms with Gasteiger partial charge in [-0.25, -0.2) is 4.98 Å². The number of nitrogens with one attached hydrogen (secondary N) is 4. The molecule has 0 bridgehead atoms. The van der Waals surface area contributed by atoms with Gasteiger partial charge in [0.1, 0.15) is 17.4 Å². The van der Waals surface area contributed by atoms with Crippen LogP contribution in [0.15, 0.2) is 91.1 Å². The zero-order valence-electron chi connectivity index (χ0n) is 23.4. The summed E-state index contributed by atoms with van der Waals surface area (Å²) >= 11 is 0. The monoisotopic (exact) mass is 541 g/mol. The molecule has 0 aliphatic rings. The Kier molecular flexibility index (Phi) is 6.51. The van der Waals surface area contributed by atoms with Gasteiger partial charge in [0.2, 0.25) is 5.88 Å². The molecule has 0 radical (unpaired) electrons. The number of ether oxygens (including phenoxy) is 1. The second-order valence-corrected chi connectivity index (χ2v) is 10.5. The maximum absolute atomic E-state index is 8.24. The van der Waals surface area contributed by atoms with Gasteiger partial charge in [0, 0.05) is 90.3 Å². The van der Waals surface area contributed by atoms with Crippen LogP contribution >= 0.6 is 0 Å². The van der Waals surface area contributed by atoms with Crippen LogP contribution in [-0.4, -0.2) is 64.6 Å². The van der Waals surface area contributed by atoms with Crippen molar-refractivity contribution in [1.82, 2.24) is 24.8 Å². The molecule has 204 valence electrons. The number of pyridine rings is 1. The van der Waals surface area contributed by atoms with Crippen LogP contribution in [0.2, 0.25) is 0 Å². The van der Waals surface area contributed by atoms with E-state index in [4.69, 9.17) is 15.6 Å². The summed E-state index contributed by atoms with van der Waals surface area (Å²) in [5.41, 5.74) is 7.68. The maximum Gasteiger partial charge on any atom is 0.219 e. The Morgan fingerprint density at radius 3 is 1.63 bits per heavy atom. The number of aromatic amines is 2. The van der Waals surface area contributed by atoms with Gasteiger partial charge in [-0.3, -0.25) is 10.8 Å². The predicted molar refractivity (Wildman–Crippen MR) is 166 cm³/mol. The SMILES string of the molecule is CN(C)C(=N)c1ccc2cc(-c3ccc(Oc4ccc(-c5cc6ccc(C(=N)N(C)C)cc6[nH]5)cn4)cc3)[nH]c2c1. The van der Waals surface area contributed by atoms with Crippen molar-refractivity contribution < 1.29 is 4.74 Å². The van der Waals surface area contributed by atoms with Gasteiger partial charge in [0.25, 0.3) is 0 Å². The van der Waals surface area contributed by atoms with E-state index in [0.717, 1.165) is 55.4 Å². The fourth-order valence-corrected chi connectivity index (χ4v) is 4.80. The minimum atomic E-state index is 0.469. The fourth-order valence-electron chi connectivity index (χ4n) is 4.80. The molecule has 8 heteroatoms. The predicted octanol–water partition coefficient (Wildman–Crippen LogP) is 6.94. The molecule has 0 saturated carbocycles. The highest BCUT2D eigenvalue weighted by molar-refractivity contribution is 6.01. The third-order valence-corrected chi connectivity index (χ3v) is 7.12. The van der Waals surface area contributed by atoms with Gasteiger partial charge in [-0.1, -0.05) is 24.3 Å². The lowest BCUT2D eigenvalue weighted by Crippen LogP contribution is -2.21. The number of nitrogens with zero attached hydrogens (tertiary/aromatic N) is 3. The van der Waals surface area contributed by atoms with E-state index >= 15 is 0 Å². The van der Waals surface area contributed by atoms with Gasteiger partial charge in [0.15, 0.2) is 0 Å². The lowest BCUT2D eigenvalue weighted by molar-refractivity contribution is 0.463. The summed E-state index contributed by atoms with van der Waals surface area (Å²) in [6.07, 6.45) is 1.80. The van der Waals surface area contributed by atoms with Crippen molar-refractivity contribution in [1.29, 1.82) is 10.8 Å². The molecule has 4 N–H and O–H groups in total. The van der Waals surface area contributed by atoms with Crippen molar-refractivity contribution >= 4 is 33.5 Å². The fraction of sp³-hybridized carbons (Fsp3) is 0.121. The van der Waals surface area contributed by atoms with Crippen molar-refractivity contribution in [3.63, 3.8) is 0 Å². The molecule has 0 unspecified atom stereocenters. The lowest BCUT2D eigenvalue weighted by atomic mass is 10.1. The number of amidine groups is 2. The van der Waals surface area contributed by atoms with E-state index in [1.54, 1.807) is 16.0 Å². The van der Waals surface area contributed by atoms with Crippen molar-refractivity contribution in [3.05, 3.63) is 102 Å². The van der Waals surface area contributed by atoms with Crippen LogP contribution in [0.3, 0.4) is 0 Å². The van der Waals surface area contributed by atoms with Gasteiger partial charge in [0.05, 0.1) is 0 Å². The summed E-state index contributed by atoms with van der Waals surface area (Å²) < 4.78 is 6.02. The number of hydrogen-bond acceptors (Lipinski definition) is 4. The average Bonchev–Trinajstić information content (AvgIpc) is 3.60. The molecular weight excluding hydrogens is 510 g/mol. The standard InChI is InChI=1S/C33H31N7O/c1-39(2)32(34)23-7-5-21-15-27(37-28(21)17-23)20-9-12-26(13-10-20)41-31-14-11-25(19-36-31)30-16-22-6-8-24(18-29(22)38-30)33(35)40(3)4/h5-19,34-35,37-38H,1-4H3. The molecule has 6 rings (SSSR count). The Morgan fingerprint density at radius 1 is 0.634 bits per heavy atom. The third-order valence-electron chi connectivity index (χ3n) is 7.12. The van der Waals surface area contributed by atoms with Crippen molar-refractivity contribution in [3.8, 4) is 34.1 Å². The first-order chi connectivity index (χ1) is 19.7. The van der Waals surface area contributed by atoms with Crippen LogP contribution in [-0.2, 0) is 0 Å². The summed E-state index contributed by atoms with van der Waals surface area (Å²) in [5, 5.41) is 18.7. The highest BCUT2D eigenvalue weighted by Crippen LogP contribution is 2.30. The summed E-state index contributed by atoms with van der Waals surface area (Å²) in [6, 6.07) is 28.0. The Balaban J connectivity index is 1.16. The highest BCUT2D eigenvalue weighted by Gasteiger charge is 2.11. The minimum Gasteiger partial charge on any atom is -0.439 e. The normalized spacial score (nSPS) is 11.1. The lowest BCUT2D eigenvalue weighted by Gasteiger charge is -2.13. The molecule has 0 aliphatic heterocycles. The molecule has 0 aliphatic carbocycles. The van der Waals surface area contributed by atoms with Crippen LogP contribution in [0.4, 0.5) is 0 Å². The maximum atomic E-state index is 8.24. The van der Waals surface area contributed by atoms with Crippen LogP contribution in [0.5, 0.6) is 11.6 Å². The highest BCUT2D eigenvalue weighted by atomic mass is 16.5. The quantitative estimate of drug-likeness (QED) is 0.135. The molecule has 3 aromatic carbocycles. The third kappa shape index (κ3) is 5.15. The molecule has 3 heterocycles. The zero-order valence-corrected chi connectivity index (χ0v) is 23.4. The molecule has 41 heavy (non-hydrogen) atoms. The van der Waals surface area contributed by atoms with Crippen LogP contribution in [0.1, 0.15) is 11.1 Å². The Labute approximate surface area is 238 Å². The number of H-pyrrole nitrogens is 2. The molecule has 3 aromatic heterocycles. The summed E-state index contributed by atoms with van der Waals surface area (Å²) in [4.78, 5) is 15.0. The molecule has 0 atom stereocenters. The van der Waals surface area contributed by atoms with Gasteiger partial charge < -0.3 is 24.5 Å². The second kappa shape index (κ2) is 10.3. The van der Waals surface area contributed by atoms with Crippen molar-refractivity contribution in [2.24, 2.45) is 0 Å². The van der Waals surface area contributed by atoms with E-state index in [2.05, 4.69) is 27.1 Å². The Bertz CT molecular complexity index is 1760. The summed E-state index contributed by atoms with van der Waals surface area (Å²) in [6.45, 7) is 0. The number of hydrogen-bond donors (Lipinski definition) is 4. The average molecular weight is 542 g/mol. The van der Waals surface area contributed by atoms with Gasteiger partial charge in [-0.2, -0.15) is 0 Å². The number of fused-ring (bicyclic) bond motifs is 2. The number of aromatic nitrogens is 3. The van der Waals surface area contributed by atoms with E-state index in [-0.39, 0.29) is 0 Å². The number of rotatable bonds is 6. The summed E-state index contributed by atoms with van der Waals surface area (Å²) in [5.74, 6) is 2.16. The van der Waals surface area contributed by atoms with E-state index in [9.17, 15) is 0 Å². The van der Waals surface area contributed by atoms with E-state index in [1.807, 2.05) is 101 Å². The minimum absolute atomic E-state index is 0.469. The molecular formula is C33H31N7O. The molecule has 8 nitrogen and oxygen atoms in total. The molecule has 0 saturated heterocycles.